The lowest BCUT2D eigenvalue weighted by Gasteiger charge is -2.07. The van der Waals surface area contributed by atoms with Gasteiger partial charge in [0, 0.05) is 60.5 Å². The van der Waals surface area contributed by atoms with Gasteiger partial charge in [-0.25, -0.2) is 9.97 Å². The summed E-state index contributed by atoms with van der Waals surface area (Å²) in [6.45, 7) is 0.644. The normalized spacial score (nSPS) is 11.2. The molecule has 0 aliphatic heterocycles. The SMILES string of the molecule is CNCC=CC(=O)Nc1cccc(-c2cnc3[nH]cc(-c4ccnc(NC)c4)c3c2)c1. The third-order valence-electron chi connectivity index (χ3n) is 4.91. The summed E-state index contributed by atoms with van der Waals surface area (Å²) in [6, 6.07) is 13.9. The van der Waals surface area contributed by atoms with Crippen LogP contribution in [-0.2, 0) is 4.79 Å². The van der Waals surface area contributed by atoms with Crippen LogP contribution in [0.2, 0.25) is 0 Å². The highest BCUT2D eigenvalue weighted by Crippen LogP contribution is 2.32. The van der Waals surface area contributed by atoms with E-state index in [1.54, 1.807) is 12.3 Å². The van der Waals surface area contributed by atoms with Crippen molar-refractivity contribution in [2.45, 2.75) is 0 Å². The Balaban J connectivity index is 1.65. The molecule has 4 N–H and O–H groups in total. The van der Waals surface area contributed by atoms with Crippen LogP contribution in [0.5, 0.6) is 0 Å². The largest absolute Gasteiger partial charge is 0.373 e. The molecule has 1 aromatic carbocycles. The molecular weight excluding hydrogens is 388 g/mol. The molecule has 0 unspecified atom stereocenters. The highest BCUT2D eigenvalue weighted by molar-refractivity contribution is 6.00. The van der Waals surface area contributed by atoms with E-state index in [1.165, 1.54) is 6.08 Å². The van der Waals surface area contributed by atoms with E-state index in [-0.39, 0.29) is 5.91 Å². The van der Waals surface area contributed by atoms with Gasteiger partial charge in [-0.05, 0) is 48.5 Å². The lowest BCUT2D eigenvalue weighted by molar-refractivity contribution is -0.111. The van der Waals surface area contributed by atoms with Gasteiger partial charge in [0.25, 0.3) is 0 Å². The number of aromatic nitrogens is 3. The number of nitrogens with zero attached hydrogens (tertiary/aromatic N) is 2. The zero-order valence-corrected chi connectivity index (χ0v) is 17.4. The first-order valence-corrected chi connectivity index (χ1v) is 10.0. The summed E-state index contributed by atoms with van der Waals surface area (Å²) in [5, 5.41) is 9.96. The number of amides is 1. The molecule has 0 atom stereocenters. The maximum absolute atomic E-state index is 12.1. The van der Waals surface area contributed by atoms with Gasteiger partial charge in [0.05, 0.1) is 0 Å². The molecule has 3 heterocycles. The second-order valence-corrected chi connectivity index (χ2v) is 7.03. The van der Waals surface area contributed by atoms with Crippen molar-refractivity contribution < 1.29 is 4.79 Å². The molecule has 156 valence electrons. The summed E-state index contributed by atoms with van der Waals surface area (Å²) in [5.41, 5.74) is 5.61. The first-order valence-electron chi connectivity index (χ1n) is 10.0. The summed E-state index contributed by atoms with van der Waals surface area (Å²) in [7, 11) is 3.68. The Hall–Kier alpha value is -3.97. The van der Waals surface area contributed by atoms with Crippen molar-refractivity contribution in [3.8, 4) is 22.3 Å². The van der Waals surface area contributed by atoms with Crippen molar-refractivity contribution in [1.82, 2.24) is 20.3 Å². The average molecular weight is 412 g/mol. The molecule has 0 bridgehead atoms. The number of carbonyl (C=O) groups is 1. The summed E-state index contributed by atoms with van der Waals surface area (Å²) in [4.78, 5) is 24.2. The van der Waals surface area contributed by atoms with Gasteiger partial charge < -0.3 is 20.9 Å². The van der Waals surface area contributed by atoms with Gasteiger partial charge in [0.1, 0.15) is 11.5 Å². The van der Waals surface area contributed by atoms with E-state index < -0.39 is 0 Å². The van der Waals surface area contributed by atoms with Crippen LogP contribution in [-0.4, -0.2) is 41.5 Å². The number of benzene rings is 1. The minimum absolute atomic E-state index is 0.160. The van der Waals surface area contributed by atoms with Crippen molar-refractivity contribution in [3.05, 3.63) is 73.2 Å². The van der Waals surface area contributed by atoms with Crippen LogP contribution in [0.3, 0.4) is 0 Å². The minimum Gasteiger partial charge on any atom is -0.373 e. The van der Waals surface area contributed by atoms with Crippen LogP contribution in [0, 0.1) is 0 Å². The van der Waals surface area contributed by atoms with Crippen molar-refractivity contribution in [1.29, 1.82) is 0 Å². The number of likely N-dealkylation sites (N-methyl/N-ethyl adjacent to an activating group) is 1. The third kappa shape index (κ3) is 4.62. The highest BCUT2D eigenvalue weighted by Gasteiger charge is 2.10. The molecule has 0 saturated heterocycles. The number of anilines is 2. The topological polar surface area (TPSA) is 94.7 Å². The fourth-order valence-corrected chi connectivity index (χ4v) is 3.38. The second-order valence-electron chi connectivity index (χ2n) is 7.03. The summed E-state index contributed by atoms with van der Waals surface area (Å²) >= 11 is 0. The number of hydrogen-bond acceptors (Lipinski definition) is 5. The van der Waals surface area contributed by atoms with E-state index in [0.29, 0.717) is 6.54 Å². The van der Waals surface area contributed by atoms with E-state index in [0.717, 1.165) is 44.8 Å². The summed E-state index contributed by atoms with van der Waals surface area (Å²) in [6.07, 6.45) is 8.89. The Morgan fingerprint density at radius 1 is 1.06 bits per heavy atom. The molecule has 0 spiro atoms. The number of carbonyl (C=O) groups excluding carboxylic acids is 1. The predicted octanol–water partition coefficient (Wildman–Crippen LogP) is 4.05. The van der Waals surface area contributed by atoms with Gasteiger partial charge in [-0.3, -0.25) is 4.79 Å². The molecule has 3 aromatic heterocycles. The Bertz CT molecular complexity index is 1240. The molecule has 0 aliphatic rings. The maximum Gasteiger partial charge on any atom is 0.248 e. The quantitative estimate of drug-likeness (QED) is 0.344. The molecule has 7 heteroatoms. The van der Waals surface area contributed by atoms with Gasteiger partial charge in [-0.15, -0.1) is 0 Å². The van der Waals surface area contributed by atoms with Crippen LogP contribution < -0.4 is 16.0 Å². The molecule has 0 saturated carbocycles. The molecule has 1 amide bonds. The number of rotatable bonds is 7. The number of pyridine rings is 2. The van der Waals surface area contributed by atoms with Crippen LogP contribution in [0.1, 0.15) is 0 Å². The lowest BCUT2D eigenvalue weighted by atomic mass is 10.0. The van der Waals surface area contributed by atoms with E-state index in [2.05, 4.69) is 37.0 Å². The first kappa shape index (κ1) is 20.3. The monoisotopic (exact) mass is 412 g/mol. The van der Waals surface area contributed by atoms with Crippen LogP contribution in [0.4, 0.5) is 11.5 Å². The first-order chi connectivity index (χ1) is 15.2. The molecule has 4 rings (SSSR count). The molecule has 0 aliphatic carbocycles. The molecule has 0 radical (unpaired) electrons. The van der Waals surface area contributed by atoms with Crippen molar-refractivity contribution in [2.24, 2.45) is 0 Å². The Morgan fingerprint density at radius 3 is 2.81 bits per heavy atom. The minimum atomic E-state index is -0.160. The van der Waals surface area contributed by atoms with Gasteiger partial charge in [-0.2, -0.15) is 0 Å². The van der Waals surface area contributed by atoms with Gasteiger partial charge in [-0.1, -0.05) is 18.2 Å². The molecule has 4 aromatic rings. The van der Waals surface area contributed by atoms with E-state index in [1.807, 2.05) is 62.9 Å². The fourth-order valence-electron chi connectivity index (χ4n) is 3.38. The van der Waals surface area contributed by atoms with Crippen molar-refractivity contribution >= 4 is 28.4 Å². The Labute approximate surface area is 180 Å². The lowest BCUT2D eigenvalue weighted by Crippen LogP contribution is -2.10. The second kappa shape index (κ2) is 9.23. The Kier molecular flexibility index (Phi) is 6.05. The predicted molar refractivity (Wildman–Crippen MR) is 126 cm³/mol. The van der Waals surface area contributed by atoms with E-state index in [4.69, 9.17) is 0 Å². The average Bonchev–Trinajstić information content (AvgIpc) is 3.23. The molecule has 7 nitrogen and oxygen atoms in total. The highest BCUT2D eigenvalue weighted by atomic mass is 16.1. The van der Waals surface area contributed by atoms with Gasteiger partial charge in [0.15, 0.2) is 0 Å². The number of fused-ring (bicyclic) bond motifs is 1. The number of nitrogens with one attached hydrogen (secondary N) is 4. The smallest absolute Gasteiger partial charge is 0.248 e. The van der Waals surface area contributed by atoms with E-state index >= 15 is 0 Å². The third-order valence-corrected chi connectivity index (χ3v) is 4.91. The zero-order valence-electron chi connectivity index (χ0n) is 17.4. The summed E-state index contributed by atoms with van der Waals surface area (Å²) < 4.78 is 0. The maximum atomic E-state index is 12.1. The Morgan fingerprint density at radius 2 is 1.97 bits per heavy atom. The van der Waals surface area contributed by atoms with Gasteiger partial charge in [0.2, 0.25) is 5.91 Å². The number of H-pyrrole nitrogens is 1. The number of aromatic amines is 1. The number of hydrogen-bond donors (Lipinski definition) is 4. The van der Waals surface area contributed by atoms with Crippen molar-refractivity contribution in [3.63, 3.8) is 0 Å². The van der Waals surface area contributed by atoms with Crippen LogP contribution in [0.25, 0.3) is 33.3 Å². The zero-order chi connectivity index (χ0) is 21.6. The molecule has 31 heavy (non-hydrogen) atoms. The summed E-state index contributed by atoms with van der Waals surface area (Å²) in [5.74, 6) is 0.648. The standard InChI is InChI=1S/C24H24N6O/c1-25-9-4-7-23(31)30-19-6-3-5-16(11-19)18-12-20-21(15-29-24(20)28-14-18)17-8-10-27-22(13-17)26-2/h3-8,10-15,25H,9H2,1-2H3,(H,26,27)(H,28,29)(H,30,31). The van der Waals surface area contributed by atoms with Gasteiger partial charge >= 0.3 is 0 Å². The van der Waals surface area contributed by atoms with Crippen LogP contribution >= 0.6 is 0 Å². The fraction of sp³-hybridized carbons (Fsp3) is 0.125. The van der Waals surface area contributed by atoms with E-state index in [9.17, 15) is 4.79 Å². The van der Waals surface area contributed by atoms with Crippen LogP contribution in [0.15, 0.2) is 73.2 Å². The molecule has 0 fully saturated rings. The van der Waals surface area contributed by atoms with Crippen molar-refractivity contribution in [2.75, 3.05) is 31.3 Å². The molecular formula is C24H24N6O.